The van der Waals surface area contributed by atoms with Crippen LogP contribution in [0.2, 0.25) is 0 Å². The molecule has 0 saturated heterocycles. The van der Waals surface area contributed by atoms with Crippen LogP contribution >= 0.6 is 27.3 Å². The highest BCUT2D eigenvalue weighted by Gasteiger charge is 2.03. The first-order chi connectivity index (χ1) is 7.29. The molecule has 1 aromatic heterocycles. The van der Waals surface area contributed by atoms with Crippen molar-refractivity contribution in [1.29, 1.82) is 5.26 Å². The first-order valence-corrected chi connectivity index (χ1v) is 5.98. The smallest absolute Gasteiger partial charge is 0.123 e. The third-order valence-corrected chi connectivity index (χ3v) is 3.47. The minimum atomic E-state index is 0.439. The third-order valence-electron chi connectivity index (χ3n) is 1.90. The van der Waals surface area contributed by atoms with Gasteiger partial charge in [-0.2, -0.15) is 5.26 Å². The third kappa shape index (κ3) is 2.44. The van der Waals surface area contributed by atoms with Crippen molar-refractivity contribution in [2.24, 2.45) is 0 Å². The van der Waals surface area contributed by atoms with E-state index in [1.807, 2.05) is 24.3 Å². The van der Waals surface area contributed by atoms with E-state index >= 15 is 0 Å². The molecule has 0 fully saturated rings. The van der Waals surface area contributed by atoms with Gasteiger partial charge in [-0.05, 0) is 12.1 Å². The van der Waals surface area contributed by atoms with E-state index in [9.17, 15) is 0 Å². The zero-order valence-corrected chi connectivity index (χ0v) is 10.2. The Morgan fingerprint density at radius 2 is 2.07 bits per heavy atom. The molecule has 0 N–H and O–H groups in total. The zero-order chi connectivity index (χ0) is 10.7. The molecule has 0 unspecified atom stereocenters. The van der Waals surface area contributed by atoms with Crippen molar-refractivity contribution in [2.75, 3.05) is 0 Å². The Morgan fingerprint density at radius 3 is 2.73 bits per heavy atom. The van der Waals surface area contributed by atoms with E-state index in [1.54, 1.807) is 17.5 Å². The van der Waals surface area contributed by atoms with Crippen LogP contribution in [0.15, 0.2) is 34.9 Å². The van der Waals surface area contributed by atoms with Gasteiger partial charge < -0.3 is 0 Å². The molecule has 0 aliphatic rings. The van der Waals surface area contributed by atoms with Crippen molar-refractivity contribution < 1.29 is 0 Å². The maximum Gasteiger partial charge on any atom is 0.123 e. The number of hydrogen-bond acceptors (Lipinski definition) is 3. The fourth-order valence-electron chi connectivity index (χ4n) is 1.19. The predicted molar refractivity (Wildman–Crippen MR) is 64.6 cm³/mol. The van der Waals surface area contributed by atoms with E-state index in [0.717, 1.165) is 19.9 Å². The summed E-state index contributed by atoms with van der Waals surface area (Å²) in [4.78, 5) is 5.30. The normalized spacial score (nSPS) is 9.87. The van der Waals surface area contributed by atoms with Crippen LogP contribution in [0.5, 0.6) is 0 Å². The van der Waals surface area contributed by atoms with Gasteiger partial charge in [-0.3, -0.25) is 0 Å². The van der Waals surface area contributed by atoms with E-state index in [0.29, 0.717) is 6.42 Å². The quantitative estimate of drug-likeness (QED) is 0.841. The zero-order valence-electron chi connectivity index (χ0n) is 7.77. The van der Waals surface area contributed by atoms with Crippen molar-refractivity contribution in [3.8, 4) is 16.6 Å². The first-order valence-electron chi connectivity index (χ1n) is 4.37. The van der Waals surface area contributed by atoms with E-state index in [-0.39, 0.29) is 0 Å². The Morgan fingerprint density at radius 1 is 1.33 bits per heavy atom. The molecule has 0 bridgehead atoms. The molecule has 2 nitrogen and oxygen atoms in total. The Balaban J connectivity index is 2.30. The molecule has 1 heterocycles. The molecule has 0 spiro atoms. The number of benzene rings is 1. The van der Waals surface area contributed by atoms with Crippen LogP contribution in [-0.4, -0.2) is 4.98 Å². The molecule has 2 rings (SSSR count). The van der Waals surface area contributed by atoms with Gasteiger partial charge in [0.2, 0.25) is 0 Å². The predicted octanol–water partition coefficient (Wildman–Crippen LogP) is 3.64. The minimum absolute atomic E-state index is 0.439. The molecule has 0 aliphatic heterocycles. The SMILES string of the molecule is N#CCc1cnc(-c2ccc(Br)cc2)s1. The van der Waals surface area contributed by atoms with Crippen LogP contribution in [0.1, 0.15) is 4.88 Å². The molecular weight excluding hydrogens is 272 g/mol. The molecule has 15 heavy (non-hydrogen) atoms. The molecular formula is C11H7BrN2S. The van der Waals surface area contributed by atoms with Crippen LogP contribution in [0.25, 0.3) is 10.6 Å². The van der Waals surface area contributed by atoms with Gasteiger partial charge in [0.1, 0.15) is 5.01 Å². The van der Waals surface area contributed by atoms with Gasteiger partial charge in [0.25, 0.3) is 0 Å². The molecule has 0 amide bonds. The standard InChI is InChI=1S/C11H7BrN2S/c12-9-3-1-8(2-4-9)11-14-7-10(15-11)5-6-13/h1-4,7H,5H2. The molecule has 74 valence electrons. The van der Waals surface area contributed by atoms with E-state index < -0.39 is 0 Å². The van der Waals surface area contributed by atoms with Gasteiger partial charge in [0.15, 0.2) is 0 Å². The summed E-state index contributed by atoms with van der Waals surface area (Å²) in [5.41, 5.74) is 1.09. The monoisotopic (exact) mass is 278 g/mol. The van der Waals surface area contributed by atoms with Crippen molar-refractivity contribution in [3.05, 3.63) is 39.8 Å². The average molecular weight is 279 g/mol. The summed E-state index contributed by atoms with van der Waals surface area (Å²) in [6.45, 7) is 0. The van der Waals surface area contributed by atoms with Crippen LogP contribution in [0.4, 0.5) is 0 Å². The largest absolute Gasteiger partial charge is 0.244 e. The highest BCUT2D eigenvalue weighted by molar-refractivity contribution is 9.10. The summed E-state index contributed by atoms with van der Waals surface area (Å²) in [5, 5.41) is 9.52. The number of rotatable bonds is 2. The summed E-state index contributed by atoms with van der Waals surface area (Å²) < 4.78 is 1.06. The topological polar surface area (TPSA) is 36.7 Å². The summed E-state index contributed by atoms with van der Waals surface area (Å²) in [5.74, 6) is 0. The highest BCUT2D eigenvalue weighted by atomic mass is 79.9. The Labute approximate surface area is 100 Å². The lowest BCUT2D eigenvalue weighted by atomic mass is 10.2. The van der Waals surface area contributed by atoms with Crippen molar-refractivity contribution in [3.63, 3.8) is 0 Å². The van der Waals surface area contributed by atoms with Crippen LogP contribution < -0.4 is 0 Å². The van der Waals surface area contributed by atoms with Gasteiger partial charge in [-0.1, -0.05) is 28.1 Å². The lowest BCUT2D eigenvalue weighted by Gasteiger charge is -1.95. The number of nitriles is 1. The van der Waals surface area contributed by atoms with Gasteiger partial charge in [-0.25, -0.2) is 4.98 Å². The van der Waals surface area contributed by atoms with Crippen molar-refractivity contribution >= 4 is 27.3 Å². The lowest BCUT2D eigenvalue weighted by Crippen LogP contribution is -1.73. The number of aromatic nitrogens is 1. The van der Waals surface area contributed by atoms with E-state index in [1.165, 1.54) is 0 Å². The summed E-state index contributed by atoms with van der Waals surface area (Å²) in [7, 11) is 0. The first kappa shape index (κ1) is 10.3. The van der Waals surface area contributed by atoms with Gasteiger partial charge in [0.05, 0.1) is 12.5 Å². The number of halogens is 1. The summed E-state index contributed by atoms with van der Waals surface area (Å²) in [6.07, 6.45) is 2.21. The maximum absolute atomic E-state index is 8.56. The Kier molecular flexibility index (Phi) is 3.14. The number of hydrogen-bond donors (Lipinski definition) is 0. The number of thiazole rings is 1. The van der Waals surface area contributed by atoms with Crippen LogP contribution in [0, 0.1) is 11.3 Å². The van der Waals surface area contributed by atoms with Gasteiger partial charge in [0, 0.05) is 21.1 Å². The van der Waals surface area contributed by atoms with Crippen molar-refractivity contribution in [2.45, 2.75) is 6.42 Å². The summed E-state index contributed by atoms with van der Waals surface area (Å²) >= 11 is 4.96. The summed E-state index contributed by atoms with van der Waals surface area (Å²) in [6, 6.07) is 10.1. The lowest BCUT2D eigenvalue weighted by molar-refractivity contribution is 1.28. The fraction of sp³-hybridized carbons (Fsp3) is 0.0909. The van der Waals surface area contributed by atoms with Gasteiger partial charge >= 0.3 is 0 Å². The molecule has 0 radical (unpaired) electrons. The van der Waals surface area contributed by atoms with E-state index in [4.69, 9.17) is 5.26 Å². The average Bonchev–Trinajstić information content (AvgIpc) is 2.68. The highest BCUT2D eigenvalue weighted by Crippen LogP contribution is 2.26. The second-order valence-electron chi connectivity index (χ2n) is 2.97. The van der Waals surface area contributed by atoms with Crippen LogP contribution in [-0.2, 0) is 6.42 Å². The fourth-order valence-corrected chi connectivity index (χ4v) is 2.31. The molecule has 0 aliphatic carbocycles. The number of nitrogens with zero attached hydrogens (tertiary/aromatic N) is 2. The maximum atomic E-state index is 8.56. The van der Waals surface area contributed by atoms with Crippen LogP contribution in [0.3, 0.4) is 0 Å². The molecule has 0 saturated carbocycles. The Bertz CT molecular complexity index is 496. The second-order valence-corrected chi connectivity index (χ2v) is 5.00. The van der Waals surface area contributed by atoms with Crippen molar-refractivity contribution in [1.82, 2.24) is 4.98 Å². The second kappa shape index (κ2) is 4.56. The molecule has 2 aromatic rings. The van der Waals surface area contributed by atoms with Gasteiger partial charge in [-0.15, -0.1) is 11.3 Å². The molecule has 1 aromatic carbocycles. The van der Waals surface area contributed by atoms with E-state index in [2.05, 4.69) is 27.0 Å². The molecule has 4 heteroatoms. The Hall–Kier alpha value is -1.18. The minimum Gasteiger partial charge on any atom is -0.244 e. The molecule has 0 atom stereocenters.